The number of hydrogen-bond donors (Lipinski definition) is 0. The van der Waals surface area contributed by atoms with Crippen LogP contribution in [0, 0.1) is 0 Å². The normalized spacial score (nSPS) is 12.8. The molecule has 0 aliphatic carbocycles. The fourth-order valence-corrected chi connectivity index (χ4v) is 8.62. The monoisotopic (exact) mass is 861 g/mol. The summed E-state index contributed by atoms with van der Waals surface area (Å²) in [5.41, 5.74) is 0. The van der Waals surface area contributed by atoms with Crippen molar-refractivity contribution in [2.75, 3.05) is 33.7 Å². The van der Waals surface area contributed by atoms with E-state index in [0.29, 0.717) is 0 Å². The van der Waals surface area contributed by atoms with Gasteiger partial charge in [-0.25, -0.2) is 0 Å². The molecule has 0 aliphatic heterocycles. The van der Waals surface area contributed by atoms with E-state index < -0.39 is 0 Å². The highest BCUT2D eigenvalue weighted by atomic mass is 15.2. The molecule has 0 aromatic heterocycles. The van der Waals surface area contributed by atoms with Gasteiger partial charge >= 0.3 is 0 Å². The first-order valence-corrected chi connectivity index (χ1v) is 27.9. The highest BCUT2D eigenvalue weighted by Crippen LogP contribution is 2.21. The van der Waals surface area contributed by atoms with Crippen molar-refractivity contribution in [2.24, 2.45) is 0 Å². The van der Waals surface area contributed by atoms with Crippen molar-refractivity contribution in [1.29, 1.82) is 0 Å². The van der Waals surface area contributed by atoms with Crippen LogP contribution in [0.2, 0.25) is 0 Å². The standard InChI is InChI=1S/C60H112N2/c1-6-9-12-15-18-21-24-27-30-33-36-39-42-45-48-51-55-60(56-52-49-46-43-40-37-34-31-28-25-22-19-16-13-10-7-2)62(59-54-57-61(4)5)58-53-50-47-44-41-38-35-32-29-26-23-20-17-14-11-8-3/h18-23,27-32,60H,6-17,24-26,33-59H2,1-5H3/b21-18-,22-19-,23-20-,30-27-,31-28-,32-29-. The summed E-state index contributed by atoms with van der Waals surface area (Å²) in [4.78, 5) is 5.37. The predicted molar refractivity (Wildman–Crippen MR) is 286 cm³/mol. The maximum Gasteiger partial charge on any atom is 0.00952 e. The van der Waals surface area contributed by atoms with E-state index in [0.717, 1.165) is 25.3 Å². The van der Waals surface area contributed by atoms with Crippen LogP contribution in [0.4, 0.5) is 0 Å². The molecule has 0 aliphatic rings. The van der Waals surface area contributed by atoms with Gasteiger partial charge in [0.1, 0.15) is 0 Å². The minimum absolute atomic E-state index is 0.784. The number of hydrogen-bond acceptors (Lipinski definition) is 2. The van der Waals surface area contributed by atoms with Crippen LogP contribution in [-0.2, 0) is 0 Å². The molecular weight excluding hydrogens is 749 g/mol. The lowest BCUT2D eigenvalue weighted by Gasteiger charge is -2.33. The Balaban J connectivity index is 4.73. The maximum atomic E-state index is 2.98. The van der Waals surface area contributed by atoms with Crippen molar-refractivity contribution < 1.29 is 0 Å². The molecule has 0 unspecified atom stereocenters. The van der Waals surface area contributed by atoms with Gasteiger partial charge < -0.3 is 9.80 Å². The summed E-state index contributed by atoms with van der Waals surface area (Å²) in [5, 5.41) is 0. The summed E-state index contributed by atoms with van der Waals surface area (Å²) in [5.74, 6) is 0. The molecule has 362 valence electrons. The summed E-state index contributed by atoms with van der Waals surface area (Å²) in [7, 11) is 4.50. The summed E-state index contributed by atoms with van der Waals surface area (Å²) in [6.45, 7) is 10.7. The number of allylic oxidation sites excluding steroid dienone is 12. The molecule has 0 saturated carbocycles. The number of rotatable bonds is 50. The SMILES string of the molecule is CCCCC/C=C\C/C=C\CCCCCCCCC(CCCCCCCC/C=C\C/C=C\CCCCC)N(CCCCCCCC/C=C\C/C=C\CCCCC)CCCN(C)C. The lowest BCUT2D eigenvalue weighted by molar-refractivity contribution is 0.159. The average Bonchev–Trinajstić information content (AvgIpc) is 3.27. The molecule has 0 fully saturated rings. The summed E-state index contributed by atoms with van der Waals surface area (Å²) in [6, 6.07) is 0.784. The summed E-state index contributed by atoms with van der Waals surface area (Å²) >= 11 is 0. The number of unbranched alkanes of at least 4 members (excludes halogenated alkanes) is 27. The van der Waals surface area contributed by atoms with Crippen molar-refractivity contribution in [3.63, 3.8) is 0 Å². The van der Waals surface area contributed by atoms with Crippen molar-refractivity contribution in [3.05, 3.63) is 72.9 Å². The molecule has 0 saturated heterocycles. The van der Waals surface area contributed by atoms with Gasteiger partial charge in [-0.1, -0.05) is 222 Å². The quantitative estimate of drug-likeness (QED) is 0.0444. The molecule has 0 spiro atoms. The second-order valence-electron chi connectivity index (χ2n) is 19.2. The van der Waals surface area contributed by atoms with Crippen LogP contribution < -0.4 is 0 Å². The molecule has 0 bridgehead atoms. The van der Waals surface area contributed by atoms with Crippen LogP contribution in [0.25, 0.3) is 0 Å². The van der Waals surface area contributed by atoms with Gasteiger partial charge in [0.2, 0.25) is 0 Å². The average molecular weight is 862 g/mol. The third kappa shape index (κ3) is 49.4. The highest BCUT2D eigenvalue weighted by Gasteiger charge is 2.18. The van der Waals surface area contributed by atoms with E-state index in [2.05, 4.69) is 118 Å². The summed E-state index contributed by atoms with van der Waals surface area (Å²) in [6.07, 6.45) is 81.0. The molecule has 0 aromatic rings. The first-order chi connectivity index (χ1) is 30.7. The minimum atomic E-state index is 0.784. The van der Waals surface area contributed by atoms with Crippen molar-refractivity contribution in [1.82, 2.24) is 9.80 Å². The van der Waals surface area contributed by atoms with Crippen LogP contribution in [0.15, 0.2) is 72.9 Å². The van der Waals surface area contributed by atoms with Gasteiger partial charge in [-0.3, -0.25) is 0 Å². The van der Waals surface area contributed by atoms with E-state index in [4.69, 9.17) is 0 Å². The van der Waals surface area contributed by atoms with Gasteiger partial charge in [0.25, 0.3) is 0 Å². The van der Waals surface area contributed by atoms with Crippen LogP contribution in [0.1, 0.15) is 271 Å². The third-order valence-electron chi connectivity index (χ3n) is 12.7. The molecule has 2 heteroatoms. The summed E-state index contributed by atoms with van der Waals surface area (Å²) < 4.78 is 0. The smallest absolute Gasteiger partial charge is 0.00952 e. The Morgan fingerprint density at radius 1 is 0.274 bits per heavy atom. The zero-order valence-electron chi connectivity index (χ0n) is 43.1. The van der Waals surface area contributed by atoms with E-state index >= 15 is 0 Å². The molecule has 62 heavy (non-hydrogen) atoms. The van der Waals surface area contributed by atoms with E-state index in [1.807, 2.05) is 0 Å². The Morgan fingerprint density at radius 2 is 0.548 bits per heavy atom. The highest BCUT2D eigenvalue weighted by molar-refractivity contribution is 4.94. The van der Waals surface area contributed by atoms with Gasteiger partial charge in [0.15, 0.2) is 0 Å². The zero-order chi connectivity index (χ0) is 44.9. The van der Waals surface area contributed by atoms with Crippen molar-refractivity contribution in [2.45, 2.75) is 277 Å². The van der Waals surface area contributed by atoms with E-state index in [-0.39, 0.29) is 0 Å². The molecule has 0 aromatic carbocycles. The Labute approximate surface area is 392 Å². The van der Waals surface area contributed by atoms with Gasteiger partial charge in [0, 0.05) is 6.04 Å². The number of nitrogens with zero attached hydrogens (tertiary/aromatic N) is 2. The van der Waals surface area contributed by atoms with Gasteiger partial charge in [-0.05, 0) is 156 Å². The Hall–Kier alpha value is -1.64. The van der Waals surface area contributed by atoms with Crippen LogP contribution in [0.5, 0.6) is 0 Å². The lowest BCUT2D eigenvalue weighted by Crippen LogP contribution is -2.38. The first-order valence-electron chi connectivity index (χ1n) is 27.9. The second-order valence-corrected chi connectivity index (χ2v) is 19.2. The largest absolute Gasteiger partial charge is 0.309 e. The molecule has 0 N–H and O–H groups in total. The fourth-order valence-electron chi connectivity index (χ4n) is 8.62. The fraction of sp³-hybridized carbons (Fsp3) is 0.800. The van der Waals surface area contributed by atoms with Crippen LogP contribution in [-0.4, -0.2) is 49.6 Å². The molecule has 0 atom stereocenters. The van der Waals surface area contributed by atoms with Crippen LogP contribution in [0.3, 0.4) is 0 Å². The van der Waals surface area contributed by atoms with Gasteiger partial charge in [-0.15, -0.1) is 0 Å². The molecule has 0 rings (SSSR count). The van der Waals surface area contributed by atoms with Crippen LogP contribution >= 0.6 is 0 Å². The van der Waals surface area contributed by atoms with E-state index in [1.165, 1.54) is 251 Å². The van der Waals surface area contributed by atoms with Gasteiger partial charge in [0.05, 0.1) is 0 Å². The molecule has 0 radical (unpaired) electrons. The third-order valence-corrected chi connectivity index (χ3v) is 12.7. The molecule has 2 nitrogen and oxygen atoms in total. The zero-order valence-corrected chi connectivity index (χ0v) is 43.1. The predicted octanol–water partition coefficient (Wildman–Crippen LogP) is 19.8. The molecule has 0 amide bonds. The Morgan fingerprint density at radius 3 is 0.871 bits per heavy atom. The minimum Gasteiger partial charge on any atom is -0.309 e. The first kappa shape index (κ1) is 60.4. The molecule has 0 heterocycles. The van der Waals surface area contributed by atoms with E-state index in [1.54, 1.807) is 0 Å². The Kier molecular flexibility index (Phi) is 52.3. The maximum absolute atomic E-state index is 2.98. The second kappa shape index (κ2) is 53.7. The molecular formula is C60H112N2. The lowest BCUT2D eigenvalue weighted by atomic mass is 9.97. The van der Waals surface area contributed by atoms with E-state index in [9.17, 15) is 0 Å². The topological polar surface area (TPSA) is 6.48 Å². The Bertz CT molecular complexity index is 966. The van der Waals surface area contributed by atoms with Crippen molar-refractivity contribution in [3.8, 4) is 0 Å². The van der Waals surface area contributed by atoms with Gasteiger partial charge in [-0.2, -0.15) is 0 Å². The van der Waals surface area contributed by atoms with Crippen molar-refractivity contribution >= 4 is 0 Å².